The summed E-state index contributed by atoms with van der Waals surface area (Å²) in [6, 6.07) is 6.76. The second-order valence-electron chi connectivity index (χ2n) is 7.33. The van der Waals surface area contributed by atoms with Gasteiger partial charge in [-0.2, -0.15) is 11.8 Å². The van der Waals surface area contributed by atoms with E-state index in [-0.39, 0.29) is 30.7 Å². The van der Waals surface area contributed by atoms with Crippen molar-refractivity contribution >= 4 is 48.5 Å². The van der Waals surface area contributed by atoms with E-state index < -0.39 is 12.0 Å². The van der Waals surface area contributed by atoms with Crippen LogP contribution in [-0.2, 0) is 29.2 Å². The molecule has 0 aliphatic heterocycles. The van der Waals surface area contributed by atoms with Crippen LogP contribution in [0.1, 0.15) is 33.7 Å². The molecule has 9 nitrogen and oxygen atoms in total. The van der Waals surface area contributed by atoms with Gasteiger partial charge in [-0.15, -0.1) is 24.8 Å². The van der Waals surface area contributed by atoms with Crippen LogP contribution in [0, 0.1) is 0 Å². The molecule has 0 saturated heterocycles. The Morgan fingerprint density at radius 1 is 1.09 bits per heavy atom. The van der Waals surface area contributed by atoms with Crippen molar-refractivity contribution in [2.75, 3.05) is 19.1 Å². The van der Waals surface area contributed by atoms with Gasteiger partial charge in [0, 0.05) is 49.0 Å². The van der Waals surface area contributed by atoms with Crippen molar-refractivity contribution in [1.29, 1.82) is 0 Å². The predicted molar refractivity (Wildman–Crippen MR) is 137 cm³/mol. The van der Waals surface area contributed by atoms with Crippen LogP contribution in [0.4, 0.5) is 0 Å². The van der Waals surface area contributed by atoms with Crippen LogP contribution >= 0.6 is 36.6 Å². The third kappa shape index (κ3) is 9.02. The van der Waals surface area contributed by atoms with Gasteiger partial charge in [0.05, 0.1) is 19.8 Å². The van der Waals surface area contributed by atoms with E-state index in [1.165, 1.54) is 7.11 Å². The van der Waals surface area contributed by atoms with Crippen molar-refractivity contribution in [2.45, 2.75) is 32.1 Å². The summed E-state index contributed by atoms with van der Waals surface area (Å²) >= 11 is 1.61. The molecule has 3 rings (SSSR count). The van der Waals surface area contributed by atoms with Gasteiger partial charge in [-0.25, -0.2) is 14.8 Å². The molecule has 12 heteroatoms. The van der Waals surface area contributed by atoms with Crippen LogP contribution in [0.5, 0.6) is 0 Å². The number of benzene rings is 1. The van der Waals surface area contributed by atoms with Gasteiger partial charge < -0.3 is 20.0 Å². The van der Waals surface area contributed by atoms with E-state index >= 15 is 0 Å². The van der Waals surface area contributed by atoms with Gasteiger partial charge in [0.1, 0.15) is 6.04 Å². The smallest absolute Gasteiger partial charge is 0.328 e. The van der Waals surface area contributed by atoms with Gasteiger partial charge in [0.25, 0.3) is 5.91 Å². The van der Waals surface area contributed by atoms with Gasteiger partial charge in [0.15, 0.2) is 0 Å². The van der Waals surface area contributed by atoms with Crippen LogP contribution in [0.2, 0.25) is 0 Å². The Balaban J connectivity index is 0.00000289. The van der Waals surface area contributed by atoms with Gasteiger partial charge in [-0.05, 0) is 36.1 Å². The highest BCUT2D eigenvalue weighted by molar-refractivity contribution is 7.98. The quantitative estimate of drug-likeness (QED) is 0.309. The zero-order valence-electron chi connectivity index (χ0n) is 19.0. The zero-order valence-corrected chi connectivity index (χ0v) is 21.5. The summed E-state index contributed by atoms with van der Waals surface area (Å²) in [7, 11) is 1.33. The van der Waals surface area contributed by atoms with E-state index in [1.807, 2.05) is 24.5 Å². The van der Waals surface area contributed by atoms with Crippen LogP contribution < -0.4 is 5.32 Å². The molecule has 0 spiro atoms. The minimum atomic E-state index is -0.666. The summed E-state index contributed by atoms with van der Waals surface area (Å²) in [6.45, 7) is 1.94. The summed E-state index contributed by atoms with van der Waals surface area (Å²) in [5.74, 6) is 0.0156. The number of halogens is 2. The lowest BCUT2D eigenvalue weighted by Gasteiger charge is -2.21. The molecule has 1 amide bonds. The second-order valence-corrected chi connectivity index (χ2v) is 8.32. The third-order valence-corrected chi connectivity index (χ3v) is 5.54. The molecule has 0 bridgehead atoms. The van der Waals surface area contributed by atoms with Crippen LogP contribution in [0.25, 0.3) is 0 Å². The minimum Gasteiger partial charge on any atom is -0.467 e. The molecule has 34 heavy (non-hydrogen) atoms. The summed E-state index contributed by atoms with van der Waals surface area (Å²) in [5, 5.41) is 2.81. The van der Waals surface area contributed by atoms with Crippen LogP contribution in [0.3, 0.4) is 0 Å². The molecule has 2 aromatic heterocycles. The summed E-state index contributed by atoms with van der Waals surface area (Å²) < 4.78 is 4.84. The normalized spacial score (nSPS) is 11.3. The number of aromatic nitrogens is 4. The number of imidazole rings is 2. The summed E-state index contributed by atoms with van der Waals surface area (Å²) in [5.41, 5.74) is 3.47. The topological polar surface area (TPSA) is 116 Å². The first-order chi connectivity index (χ1) is 15.6. The number of carbonyl (C=O) groups excluding carboxylic acids is 2. The maximum atomic E-state index is 12.8. The number of rotatable bonds is 12. The maximum Gasteiger partial charge on any atom is 0.328 e. The average Bonchev–Trinajstić information content (AvgIpc) is 3.50. The number of nitrogens with one attached hydrogen (secondary N) is 3. The highest BCUT2D eigenvalue weighted by Gasteiger charge is 2.22. The molecule has 2 heterocycles. The molecule has 1 unspecified atom stereocenters. The predicted octanol–water partition coefficient (Wildman–Crippen LogP) is 3.20. The Kier molecular flexibility index (Phi) is 13.4. The van der Waals surface area contributed by atoms with E-state index in [4.69, 9.17) is 4.74 Å². The van der Waals surface area contributed by atoms with Crippen molar-refractivity contribution in [3.05, 3.63) is 71.8 Å². The van der Waals surface area contributed by atoms with Crippen molar-refractivity contribution < 1.29 is 14.3 Å². The molecule has 0 radical (unpaired) electrons. The van der Waals surface area contributed by atoms with Gasteiger partial charge in [-0.3, -0.25) is 9.69 Å². The first kappa shape index (κ1) is 29.5. The standard InChI is InChI=1S/C22H28N6O3S.2ClH/c1-31-22(30)20(6-7-32-2)27-21(29)17-5-3-4-16(8-17)11-28(12-18-9-23-14-25-18)13-19-10-24-15-26-19;;/h3-5,8-10,14-15,20H,6-7,11-13H2,1-2H3,(H,23,25)(H,24,26)(H,27,29);2*1H. The SMILES string of the molecule is COC(=O)C(CCSC)NC(=O)c1cccc(CN(Cc2cnc[nH]2)Cc2cnc[nH]2)c1.Cl.Cl. The van der Waals surface area contributed by atoms with E-state index in [0.717, 1.165) is 22.7 Å². The molecule has 0 fully saturated rings. The average molecular weight is 529 g/mol. The van der Waals surface area contributed by atoms with Gasteiger partial charge in [0.2, 0.25) is 0 Å². The number of ether oxygens (including phenoxy) is 1. The van der Waals surface area contributed by atoms with Crippen molar-refractivity contribution in [1.82, 2.24) is 30.2 Å². The first-order valence-corrected chi connectivity index (χ1v) is 11.6. The lowest BCUT2D eigenvalue weighted by atomic mass is 10.1. The molecular formula is C22H30Cl2N6O3S. The fraction of sp³-hybridized carbons (Fsp3) is 0.364. The highest BCUT2D eigenvalue weighted by Crippen LogP contribution is 2.14. The molecular weight excluding hydrogens is 499 g/mol. The largest absolute Gasteiger partial charge is 0.467 e. The number of esters is 1. The molecule has 1 atom stereocenters. The monoisotopic (exact) mass is 528 g/mol. The third-order valence-electron chi connectivity index (χ3n) is 4.89. The van der Waals surface area contributed by atoms with Gasteiger partial charge in [-0.1, -0.05) is 12.1 Å². The zero-order chi connectivity index (χ0) is 22.8. The summed E-state index contributed by atoms with van der Waals surface area (Å²) in [6.07, 6.45) is 9.38. The first-order valence-electron chi connectivity index (χ1n) is 10.2. The van der Waals surface area contributed by atoms with E-state index in [0.29, 0.717) is 31.6 Å². The van der Waals surface area contributed by atoms with E-state index in [2.05, 4.69) is 30.2 Å². The molecule has 3 N–H and O–H groups in total. The number of carbonyl (C=O) groups is 2. The Morgan fingerprint density at radius 2 is 1.74 bits per heavy atom. The molecule has 0 aliphatic rings. The van der Waals surface area contributed by atoms with Crippen molar-refractivity contribution in [3.63, 3.8) is 0 Å². The fourth-order valence-electron chi connectivity index (χ4n) is 3.33. The van der Waals surface area contributed by atoms with Crippen molar-refractivity contribution in [3.8, 4) is 0 Å². The maximum absolute atomic E-state index is 12.8. The molecule has 1 aromatic carbocycles. The molecule has 186 valence electrons. The molecule has 3 aromatic rings. The number of thioether (sulfide) groups is 1. The number of hydrogen-bond acceptors (Lipinski definition) is 7. The Labute approximate surface area is 215 Å². The van der Waals surface area contributed by atoms with E-state index in [9.17, 15) is 9.59 Å². The fourth-order valence-corrected chi connectivity index (χ4v) is 3.80. The van der Waals surface area contributed by atoms with Crippen LogP contribution in [0.15, 0.2) is 49.3 Å². The second kappa shape index (κ2) is 15.4. The van der Waals surface area contributed by atoms with Gasteiger partial charge >= 0.3 is 5.97 Å². The Morgan fingerprint density at radius 3 is 2.26 bits per heavy atom. The van der Waals surface area contributed by atoms with Crippen molar-refractivity contribution in [2.24, 2.45) is 0 Å². The number of aromatic amines is 2. The minimum absolute atomic E-state index is 0. The Bertz CT molecular complexity index is 952. The number of methoxy groups -OCH3 is 1. The number of hydrogen-bond donors (Lipinski definition) is 3. The summed E-state index contributed by atoms with van der Waals surface area (Å²) in [4.78, 5) is 41.5. The number of amides is 1. The molecule has 0 saturated carbocycles. The number of H-pyrrole nitrogens is 2. The lowest BCUT2D eigenvalue weighted by Crippen LogP contribution is -2.42. The molecule has 0 aliphatic carbocycles. The number of nitrogens with zero attached hydrogens (tertiary/aromatic N) is 3. The van der Waals surface area contributed by atoms with E-state index in [1.54, 1.807) is 42.9 Å². The highest BCUT2D eigenvalue weighted by atomic mass is 35.5. The lowest BCUT2D eigenvalue weighted by molar-refractivity contribution is -0.142. The Hall–Kier alpha value is -2.53. The van der Waals surface area contributed by atoms with Crippen LogP contribution in [-0.4, -0.2) is 61.9 Å².